The Balaban J connectivity index is 1.28. The number of esters is 1. The molecular weight excluding hydrogens is 532 g/mol. The Bertz CT molecular complexity index is 1390. The molecule has 3 aromatic rings. The number of anilines is 1. The third-order valence-corrected chi connectivity index (χ3v) is 9.21. The number of benzene rings is 2. The van der Waals surface area contributed by atoms with Gasteiger partial charge in [0.15, 0.2) is 21.1 Å². The van der Waals surface area contributed by atoms with Crippen molar-refractivity contribution < 1.29 is 37.0 Å². The lowest BCUT2D eigenvalue weighted by atomic mass is 10.1. The average Bonchev–Trinajstić information content (AvgIpc) is 3.51. The van der Waals surface area contributed by atoms with Gasteiger partial charge in [-0.2, -0.15) is 0 Å². The van der Waals surface area contributed by atoms with Gasteiger partial charge in [0, 0.05) is 6.61 Å². The molecule has 0 bridgehead atoms. The Morgan fingerprint density at radius 2 is 1.82 bits per heavy atom. The van der Waals surface area contributed by atoms with E-state index in [9.17, 15) is 18.0 Å². The minimum atomic E-state index is -3.34. The van der Waals surface area contributed by atoms with Crippen molar-refractivity contribution >= 4 is 38.2 Å². The first-order chi connectivity index (χ1) is 18.3. The molecule has 0 radical (unpaired) electrons. The van der Waals surface area contributed by atoms with E-state index in [1.165, 1.54) is 25.4 Å². The molecule has 1 aliphatic heterocycles. The molecule has 1 N–H and O–H groups in total. The number of amides is 1. The largest absolute Gasteiger partial charge is 0.465 e. The summed E-state index contributed by atoms with van der Waals surface area (Å²) in [5.41, 5.74) is 0.928. The average molecular weight is 559 g/mol. The highest BCUT2D eigenvalue weighted by Gasteiger charge is 2.37. The Hall–Kier alpha value is -3.32. The van der Waals surface area contributed by atoms with Crippen LogP contribution in [0, 0.1) is 0 Å². The highest BCUT2D eigenvalue weighted by Crippen LogP contribution is 2.35. The fraction of sp³-hybridized carbons (Fsp3) is 0.346. The standard InChI is InChI=1S/C26H26N2O8S2/c1-33-25(30)17-2-6-18(7-3-17)35-22-14-27-26(37-22)28-24(29)23(36-19-12-13-34-15-19)16-4-8-20(9-5-16)38(31,32)21-10-11-21/h2-9,14,19,21,23H,10-13,15H2,1H3,(H,27,28,29)/t19-,23-/m0/s1. The van der Waals surface area contributed by atoms with Crippen molar-refractivity contribution in [2.45, 2.75) is 41.6 Å². The number of aromatic nitrogens is 1. The summed E-state index contributed by atoms with van der Waals surface area (Å²) in [5, 5.41) is 3.19. The summed E-state index contributed by atoms with van der Waals surface area (Å²) in [6.45, 7) is 0.924. The third kappa shape index (κ3) is 6.04. The Labute approximate surface area is 223 Å². The van der Waals surface area contributed by atoms with E-state index in [4.69, 9.17) is 14.2 Å². The van der Waals surface area contributed by atoms with Crippen molar-refractivity contribution in [2.24, 2.45) is 0 Å². The van der Waals surface area contributed by atoms with E-state index in [0.717, 1.165) is 11.3 Å². The topological polar surface area (TPSA) is 130 Å². The molecule has 0 unspecified atom stereocenters. The summed E-state index contributed by atoms with van der Waals surface area (Å²) in [7, 11) is -2.03. The molecule has 10 nitrogen and oxygen atoms in total. The second-order valence-electron chi connectivity index (χ2n) is 8.91. The van der Waals surface area contributed by atoms with Gasteiger partial charge in [0.2, 0.25) is 5.06 Å². The molecule has 38 heavy (non-hydrogen) atoms. The number of sulfone groups is 1. The highest BCUT2D eigenvalue weighted by atomic mass is 32.2. The predicted octanol–water partition coefficient (Wildman–Crippen LogP) is 4.14. The van der Waals surface area contributed by atoms with Gasteiger partial charge in [0.25, 0.3) is 5.91 Å². The van der Waals surface area contributed by atoms with Crippen molar-refractivity contribution in [3.05, 3.63) is 65.9 Å². The van der Waals surface area contributed by atoms with E-state index >= 15 is 0 Å². The number of hydrogen-bond donors (Lipinski definition) is 1. The van der Waals surface area contributed by atoms with Gasteiger partial charge in [-0.25, -0.2) is 18.2 Å². The number of thiazole rings is 1. The zero-order valence-corrected chi connectivity index (χ0v) is 22.1. The van der Waals surface area contributed by atoms with Gasteiger partial charge in [-0.15, -0.1) is 0 Å². The molecule has 5 rings (SSSR count). The second-order valence-corrected chi connectivity index (χ2v) is 12.1. The molecular formula is C26H26N2O8S2. The second kappa shape index (κ2) is 11.2. The van der Waals surface area contributed by atoms with Crippen LogP contribution in [-0.4, -0.2) is 57.0 Å². The molecule has 2 aromatic carbocycles. The number of nitrogens with one attached hydrogen (secondary N) is 1. The molecule has 1 saturated carbocycles. The summed E-state index contributed by atoms with van der Waals surface area (Å²) in [4.78, 5) is 29.3. The van der Waals surface area contributed by atoms with E-state index in [0.29, 0.717) is 59.5 Å². The Kier molecular flexibility index (Phi) is 7.75. The lowest BCUT2D eigenvalue weighted by Crippen LogP contribution is -2.28. The zero-order chi connectivity index (χ0) is 26.7. The van der Waals surface area contributed by atoms with Gasteiger partial charge in [0.05, 0.1) is 41.7 Å². The van der Waals surface area contributed by atoms with Crippen molar-refractivity contribution in [2.75, 3.05) is 25.6 Å². The summed E-state index contributed by atoms with van der Waals surface area (Å²) < 4.78 is 47.0. The van der Waals surface area contributed by atoms with Crippen molar-refractivity contribution in [1.29, 1.82) is 0 Å². The molecule has 1 saturated heterocycles. The molecule has 2 fully saturated rings. The van der Waals surface area contributed by atoms with Crippen LogP contribution in [0.2, 0.25) is 0 Å². The number of carbonyl (C=O) groups excluding carboxylic acids is 2. The monoisotopic (exact) mass is 558 g/mol. The van der Waals surface area contributed by atoms with Crippen LogP contribution in [0.4, 0.5) is 5.13 Å². The SMILES string of the molecule is COC(=O)c1ccc(Oc2cnc(NC(=O)[C@@H](O[C@H]3CCOC3)c3ccc(S(=O)(=O)C4CC4)cc3)s2)cc1. The van der Waals surface area contributed by atoms with Gasteiger partial charge >= 0.3 is 5.97 Å². The Morgan fingerprint density at radius 3 is 2.45 bits per heavy atom. The van der Waals surface area contributed by atoms with Crippen LogP contribution in [0.15, 0.2) is 59.6 Å². The van der Waals surface area contributed by atoms with Crippen molar-refractivity contribution in [3.8, 4) is 10.8 Å². The summed E-state index contributed by atoms with van der Waals surface area (Å²) in [6, 6.07) is 12.7. The number of nitrogens with zero attached hydrogens (tertiary/aromatic N) is 1. The van der Waals surface area contributed by atoms with Crippen LogP contribution in [0.1, 0.15) is 41.3 Å². The summed E-state index contributed by atoms with van der Waals surface area (Å²) >= 11 is 1.13. The first-order valence-electron chi connectivity index (χ1n) is 12.0. The summed E-state index contributed by atoms with van der Waals surface area (Å²) in [5.74, 6) is -0.402. The molecule has 0 spiro atoms. The van der Waals surface area contributed by atoms with Gasteiger partial charge in [-0.05, 0) is 61.2 Å². The molecule has 200 valence electrons. The highest BCUT2D eigenvalue weighted by molar-refractivity contribution is 7.92. The fourth-order valence-electron chi connectivity index (χ4n) is 3.94. The van der Waals surface area contributed by atoms with Crippen molar-refractivity contribution in [1.82, 2.24) is 4.98 Å². The van der Waals surface area contributed by atoms with Gasteiger partial charge in [-0.3, -0.25) is 10.1 Å². The Morgan fingerprint density at radius 1 is 1.08 bits per heavy atom. The predicted molar refractivity (Wildman–Crippen MR) is 138 cm³/mol. The number of rotatable bonds is 10. The van der Waals surface area contributed by atoms with E-state index < -0.39 is 27.8 Å². The lowest BCUT2D eigenvalue weighted by molar-refractivity contribution is -0.131. The minimum Gasteiger partial charge on any atom is -0.465 e. The quantitative estimate of drug-likeness (QED) is 0.365. The van der Waals surface area contributed by atoms with Crippen LogP contribution in [0.5, 0.6) is 10.8 Å². The molecule has 2 heterocycles. The maximum Gasteiger partial charge on any atom is 0.337 e. The van der Waals surface area contributed by atoms with Crippen LogP contribution in [-0.2, 0) is 28.8 Å². The lowest BCUT2D eigenvalue weighted by Gasteiger charge is -2.21. The van der Waals surface area contributed by atoms with Crippen LogP contribution < -0.4 is 10.1 Å². The molecule has 2 aliphatic rings. The number of ether oxygens (including phenoxy) is 4. The maximum atomic E-state index is 13.3. The molecule has 12 heteroatoms. The van der Waals surface area contributed by atoms with Gasteiger partial charge in [-0.1, -0.05) is 23.5 Å². The van der Waals surface area contributed by atoms with E-state index in [1.54, 1.807) is 36.4 Å². The number of carbonyl (C=O) groups is 2. The van der Waals surface area contributed by atoms with E-state index in [-0.39, 0.29) is 16.2 Å². The minimum absolute atomic E-state index is 0.244. The van der Waals surface area contributed by atoms with Crippen LogP contribution in [0.3, 0.4) is 0 Å². The number of methoxy groups -OCH3 is 1. The van der Waals surface area contributed by atoms with Gasteiger partial charge < -0.3 is 18.9 Å². The first-order valence-corrected chi connectivity index (χ1v) is 14.4. The van der Waals surface area contributed by atoms with Crippen LogP contribution >= 0.6 is 11.3 Å². The number of hydrogen-bond acceptors (Lipinski definition) is 10. The first kappa shape index (κ1) is 26.3. The van der Waals surface area contributed by atoms with E-state index in [1.807, 2.05) is 0 Å². The zero-order valence-electron chi connectivity index (χ0n) is 20.5. The molecule has 2 atom stereocenters. The fourth-order valence-corrected chi connectivity index (χ4v) is 6.28. The van der Waals surface area contributed by atoms with Crippen molar-refractivity contribution in [3.63, 3.8) is 0 Å². The third-order valence-electron chi connectivity index (χ3n) is 6.14. The molecule has 1 amide bonds. The van der Waals surface area contributed by atoms with E-state index in [2.05, 4.69) is 15.0 Å². The molecule has 1 aliphatic carbocycles. The molecule has 1 aromatic heterocycles. The smallest absolute Gasteiger partial charge is 0.337 e. The normalized spacial score (nSPS) is 18.1. The maximum absolute atomic E-state index is 13.3. The summed E-state index contributed by atoms with van der Waals surface area (Å²) in [6.07, 6.45) is 2.24. The van der Waals surface area contributed by atoms with Gasteiger partial charge in [0.1, 0.15) is 5.75 Å². The van der Waals surface area contributed by atoms with Crippen LogP contribution in [0.25, 0.3) is 0 Å².